The Balaban J connectivity index is 1.17. The number of sulfonamides is 1. The summed E-state index contributed by atoms with van der Waals surface area (Å²) in [6.07, 6.45) is 9.78. The van der Waals surface area contributed by atoms with Crippen LogP contribution >= 0.6 is 11.6 Å². The second-order valence-electron chi connectivity index (χ2n) is 16.5. The smallest absolute Gasteiger partial charge is 0.264 e. The molecule has 11 heteroatoms. The molecular weight excluding hydrogens is 689 g/mol. The highest BCUT2D eigenvalue weighted by atomic mass is 35.5. The van der Waals surface area contributed by atoms with E-state index in [1.54, 1.807) is 31.2 Å². The fourth-order valence-electron chi connectivity index (χ4n) is 9.74. The largest absolute Gasteiger partial charge is 0.490 e. The summed E-state index contributed by atoms with van der Waals surface area (Å²) in [6, 6.07) is 8.85. The van der Waals surface area contributed by atoms with Gasteiger partial charge in [-0.1, -0.05) is 30.7 Å². The normalized spacial score (nSPS) is 33.8. The van der Waals surface area contributed by atoms with Crippen LogP contribution in [0.1, 0.15) is 80.3 Å². The van der Waals surface area contributed by atoms with Crippen LogP contribution in [0.5, 0.6) is 5.75 Å². The second-order valence-corrected chi connectivity index (χ2v) is 19.0. The van der Waals surface area contributed by atoms with E-state index in [2.05, 4.69) is 27.6 Å². The van der Waals surface area contributed by atoms with Crippen molar-refractivity contribution in [3.05, 3.63) is 69.5 Å². The lowest BCUT2D eigenvalue weighted by atomic mass is 9.64. The number of ether oxygens (including phenoxy) is 2. The second kappa shape index (κ2) is 13.6. The summed E-state index contributed by atoms with van der Waals surface area (Å²) >= 11 is 6.28. The SMILES string of the molecule is C[C@@H]1[C@@H](C)S(=O)(=O)NC(=O)c2ccc3c(c2)N(C[C@@H]2CC[C@H]2[C@@H](OCC2CCN(C)CC2)C2=C[C@H]1C2)C[C@@]1(CCCc2c1ccc(Cl)c2F)CO3. The van der Waals surface area contributed by atoms with E-state index in [4.69, 9.17) is 21.1 Å². The van der Waals surface area contributed by atoms with Crippen LogP contribution < -0.4 is 14.4 Å². The van der Waals surface area contributed by atoms with Crippen molar-refractivity contribution in [2.24, 2.45) is 29.6 Å². The highest BCUT2D eigenvalue weighted by Crippen LogP contribution is 2.50. The van der Waals surface area contributed by atoms with Crippen LogP contribution in [0.3, 0.4) is 0 Å². The monoisotopic (exact) mass is 739 g/mol. The number of halogens is 2. The Kier molecular flexibility index (Phi) is 9.46. The predicted molar refractivity (Wildman–Crippen MR) is 198 cm³/mol. The van der Waals surface area contributed by atoms with E-state index >= 15 is 4.39 Å². The maximum Gasteiger partial charge on any atom is 0.264 e. The molecule has 2 aromatic rings. The first-order valence-electron chi connectivity index (χ1n) is 19.0. The molecule has 51 heavy (non-hydrogen) atoms. The van der Waals surface area contributed by atoms with Gasteiger partial charge in [-0.25, -0.2) is 17.5 Å². The summed E-state index contributed by atoms with van der Waals surface area (Å²) in [5.74, 6) is 0.822. The highest BCUT2D eigenvalue weighted by molar-refractivity contribution is 7.90. The Morgan fingerprint density at radius 3 is 2.65 bits per heavy atom. The Hall–Kier alpha value is -2.66. The molecule has 0 radical (unpaired) electrons. The van der Waals surface area contributed by atoms with Crippen LogP contribution in [0.2, 0.25) is 5.02 Å². The minimum atomic E-state index is -3.96. The molecule has 1 N–H and O–H groups in total. The zero-order chi connectivity index (χ0) is 35.7. The molecular formula is C40H51ClFN3O5S. The minimum absolute atomic E-state index is 0.000940. The number of likely N-dealkylation sites (tertiary alicyclic amines) is 1. The van der Waals surface area contributed by atoms with Crippen molar-refractivity contribution >= 4 is 33.2 Å². The third-order valence-electron chi connectivity index (χ3n) is 13.5. The molecule has 9 rings (SSSR count). The molecule has 1 amide bonds. The Morgan fingerprint density at radius 1 is 1.12 bits per heavy atom. The van der Waals surface area contributed by atoms with Gasteiger partial charge < -0.3 is 19.3 Å². The lowest BCUT2D eigenvalue weighted by molar-refractivity contribution is -0.0452. The standard InChI is InChI=1S/C40H51ClFN3O5S/c1-24-25(2)51(47,48)43-39(46)27-7-11-36-35(19-27)45(22-40(23-50-36)14-4-5-32-33(40)9-10-34(41)37(32)42)20-28-6-8-31(28)38(30-17-29(24)18-30)49-21-26-12-15-44(3)16-13-26/h7,9-11,17,19,24-26,28-29,31,38H,4-6,8,12-16,18,20-23H2,1-3H3,(H,43,46)/t24-,25-,28+,29+,31-,38+,40+/m1/s1. The lowest BCUT2D eigenvalue weighted by Gasteiger charge is -2.49. The zero-order valence-corrected chi connectivity index (χ0v) is 31.6. The van der Waals surface area contributed by atoms with E-state index in [-0.39, 0.29) is 34.3 Å². The van der Waals surface area contributed by atoms with Crippen LogP contribution in [-0.4, -0.2) is 77.0 Å². The van der Waals surface area contributed by atoms with Gasteiger partial charge in [-0.15, -0.1) is 0 Å². The number of allylic oxidation sites excluding steroid dienone is 1. The van der Waals surface area contributed by atoms with Gasteiger partial charge in [0.25, 0.3) is 5.91 Å². The summed E-state index contributed by atoms with van der Waals surface area (Å²) in [4.78, 5) is 18.4. The van der Waals surface area contributed by atoms with E-state index < -0.39 is 26.6 Å². The molecule has 7 aliphatic rings. The number of carbonyl (C=O) groups excluding carboxylic acids is 1. The van der Waals surface area contributed by atoms with E-state index in [1.165, 1.54) is 5.57 Å². The third kappa shape index (κ3) is 6.50. The van der Waals surface area contributed by atoms with E-state index in [1.807, 2.05) is 13.0 Å². The maximum atomic E-state index is 15.5. The fraction of sp³-hybridized carbons (Fsp3) is 0.625. The lowest BCUT2D eigenvalue weighted by Crippen LogP contribution is -2.51. The minimum Gasteiger partial charge on any atom is -0.490 e. The molecule has 0 unspecified atom stereocenters. The van der Waals surface area contributed by atoms with E-state index in [0.717, 1.165) is 82.4 Å². The topological polar surface area (TPSA) is 88.2 Å². The van der Waals surface area contributed by atoms with Crippen molar-refractivity contribution in [1.82, 2.24) is 9.62 Å². The van der Waals surface area contributed by atoms with Crippen LogP contribution in [-0.2, 0) is 26.6 Å². The van der Waals surface area contributed by atoms with Crippen molar-refractivity contribution in [2.75, 3.05) is 51.3 Å². The molecule has 1 saturated heterocycles. The number of hydrogen-bond acceptors (Lipinski definition) is 7. The Bertz CT molecular complexity index is 1830. The van der Waals surface area contributed by atoms with Crippen molar-refractivity contribution in [3.63, 3.8) is 0 Å². The summed E-state index contributed by atoms with van der Waals surface area (Å²) < 4.78 is 58.7. The van der Waals surface area contributed by atoms with Crippen molar-refractivity contribution in [1.29, 1.82) is 0 Å². The average molecular weight is 740 g/mol. The van der Waals surface area contributed by atoms with Gasteiger partial charge in [0.2, 0.25) is 10.0 Å². The first-order valence-corrected chi connectivity index (χ1v) is 20.9. The predicted octanol–water partition coefficient (Wildman–Crippen LogP) is 6.75. The van der Waals surface area contributed by atoms with Crippen molar-refractivity contribution in [3.8, 4) is 5.75 Å². The number of fused-ring (bicyclic) bond motifs is 6. The number of nitrogens with one attached hydrogen (secondary N) is 1. The summed E-state index contributed by atoms with van der Waals surface area (Å²) in [6.45, 7) is 8.29. The van der Waals surface area contributed by atoms with Crippen LogP contribution in [0.25, 0.3) is 0 Å². The van der Waals surface area contributed by atoms with Crippen molar-refractivity contribution < 1.29 is 27.1 Å². The molecule has 1 saturated carbocycles. The summed E-state index contributed by atoms with van der Waals surface area (Å²) in [5, 5.41) is -0.618. The molecule has 7 atom stereocenters. The number of carbonyl (C=O) groups is 1. The Labute approximate surface area is 307 Å². The van der Waals surface area contributed by atoms with Gasteiger partial charge in [0.15, 0.2) is 0 Å². The fourth-order valence-corrected chi connectivity index (χ4v) is 11.2. The van der Waals surface area contributed by atoms with Crippen LogP contribution in [0.15, 0.2) is 42.0 Å². The summed E-state index contributed by atoms with van der Waals surface area (Å²) in [7, 11) is -1.77. The van der Waals surface area contributed by atoms with Gasteiger partial charge in [-0.3, -0.25) is 4.79 Å². The molecule has 4 aliphatic heterocycles. The molecule has 1 spiro atoms. The van der Waals surface area contributed by atoms with Gasteiger partial charge >= 0.3 is 0 Å². The average Bonchev–Trinajstić information content (AvgIpc) is 3.23. The number of rotatable bonds is 3. The number of nitrogens with zero attached hydrogens (tertiary/aromatic N) is 2. The number of anilines is 1. The van der Waals surface area contributed by atoms with E-state index in [0.29, 0.717) is 48.6 Å². The highest BCUT2D eigenvalue weighted by Gasteiger charge is 2.48. The van der Waals surface area contributed by atoms with Gasteiger partial charge in [0.05, 0.1) is 35.3 Å². The zero-order valence-electron chi connectivity index (χ0n) is 30.0. The molecule has 8 nitrogen and oxygen atoms in total. The van der Waals surface area contributed by atoms with Gasteiger partial charge in [-0.05, 0) is 149 Å². The van der Waals surface area contributed by atoms with E-state index in [9.17, 15) is 13.2 Å². The number of hydrogen-bond donors (Lipinski definition) is 1. The molecule has 276 valence electrons. The quantitative estimate of drug-likeness (QED) is 0.349. The van der Waals surface area contributed by atoms with Gasteiger partial charge in [-0.2, -0.15) is 0 Å². The maximum absolute atomic E-state index is 15.5. The molecule has 3 aliphatic carbocycles. The van der Waals surface area contributed by atoms with Gasteiger partial charge in [0.1, 0.15) is 11.6 Å². The molecule has 4 bridgehead atoms. The number of piperidine rings is 1. The van der Waals surface area contributed by atoms with Crippen molar-refractivity contribution in [2.45, 2.75) is 82.0 Å². The molecule has 0 aromatic heterocycles. The molecule has 2 fully saturated rings. The third-order valence-corrected chi connectivity index (χ3v) is 15.7. The Morgan fingerprint density at radius 2 is 1.90 bits per heavy atom. The molecule has 4 heterocycles. The van der Waals surface area contributed by atoms with Crippen LogP contribution in [0.4, 0.5) is 10.1 Å². The summed E-state index contributed by atoms with van der Waals surface area (Å²) in [5.41, 5.74) is 3.46. The first-order chi connectivity index (χ1) is 24.4. The van der Waals surface area contributed by atoms with Crippen LogP contribution in [0, 0.1) is 35.4 Å². The number of benzene rings is 2. The molecule has 2 aromatic carbocycles. The number of amides is 1. The van der Waals surface area contributed by atoms with Gasteiger partial charge in [0, 0.05) is 24.1 Å². The first kappa shape index (κ1) is 35.4.